The van der Waals surface area contributed by atoms with Crippen LogP contribution in [0.3, 0.4) is 0 Å². The quantitative estimate of drug-likeness (QED) is 0.608. The molecule has 0 bridgehead atoms. The van der Waals surface area contributed by atoms with Crippen LogP contribution in [-0.4, -0.2) is 11.8 Å². The van der Waals surface area contributed by atoms with Crippen molar-refractivity contribution < 1.29 is 26.3 Å². The first-order chi connectivity index (χ1) is 7.20. The maximum atomic E-state index is 13.2. The van der Waals surface area contributed by atoms with Gasteiger partial charge in [0.25, 0.3) is 0 Å². The third-order valence-corrected chi connectivity index (χ3v) is 2.62. The molecule has 1 aliphatic carbocycles. The molecule has 0 saturated carbocycles. The minimum absolute atomic E-state index is 0.441. The first-order valence-electron chi connectivity index (χ1n) is 4.42. The first-order valence-corrected chi connectivity index (χ1v) is 4.42. The van der Waals surface area contributed by atoms with Gasteiger partial charge in [0.15, 0.2) is 0 Å². The van der Waals surface area contributed by atoms with Gasteiger partial charge in [-0.05, 0) is 5.56 Å². The average Bonchev–Trinajstić information content (AvgIpc) is 2.15. The normalized spacial score (nSPS) is 24.9. The van der Waals surface area contributed by atoms with Crippen LogP contribution >= 0.6 is 0 Å². The SMILES string of the molecule is FC1(F)Cc2ccccc2C(F)(F)C1(F)F. The van der Waals surface area contributed by atoms with Crippen LogP contribution in [0.15, 0.2) is 24.3 Å². The van der Waals surface area contributed by atoms with E-state index in [1.807, 2.05) is 0 Å². The predicted octanol–water partition coefficient (Wildman–Crippen LogP) is 3.61. The minimum Gasteiger partial charge on any atom is -0.199 e. The summed E-state index contributed by atoms with van der Waals surface area (Å²) in [5.41, 5.74) is -1.46. The summed E-state index contributed by atoms with van der Waals surface area (Å²) in [6.07, 6.45) is -1.37. The van der Waals surface area contributed by atoms with Gasteiger partial charge >= 0.3 is 17.8 Å². The van der Waals surface area contributed by atoms with Crippen molar-refractivity contribution in [1.82, 2.24) is 0 Å². The van der Waals surface area contributed by atoms with E-state index in [1.165, 1.54) is 6.07 Å². The molecule has 0 N–H and O–H groups in total. The molecule has 0 saturated heterocycles. The number of alkyl halides is 6. The molecular weight excluding hydrogens is 234 g/mol. The molecule has 16 heavy (non-hydrogen) atoms. The van der Waals surface area contributed by atoms with Crippen LogP contribution in [0.2, 0.25) is 0 Å². The van der Waals surface area contributed by atoms with Crippen LogP contribution in [0.5, 0.6) is 0 Å². The Morgan fingerprint density at radius 1 is 0.875 bits per heavy atom. The Hall–Kier alpha value is -1.20. The van der Waals surface area contributed by atoms with Gasteiger partial charge in [0.2, 0.25) is 0 Å². The van der Waals surface area contributed by atoms with E-state index in [0.29, 0.717) is 0 Å². The molecular formula is C10H6F6. The molecule has 0 amide bonds. The predicted molar refractivity (Wildman–Crippen MR) is 43.9 cm³/mol. The van der Waals surface area contributed by atoms with Crippen molar-refractivity contribution in [3.63, 3.8) is 0 Å². The van der Waals surface area contributed by atoms with E-state index in [-0.39, 0.29) is 0 Å². The van der Waals surface area contributed by atoms with Gasteiger partial charge in [-0.25, -0.2) is 0 Å². The van der Waals surface area contributed by atoms with Gasteiger partial charge < -0.3 is 0 Å². The zero-order chi connectivity index (χ0) is 12.2. The minimum atomic E-state index is -5.35. The second-order valence-electron chi connectivity index (χ2n) is 3.69. The number of halogens is 6. The molecule has 0 radical (unpaired) electrons. The van der Waals surface area contributed by atoms with Gasteiger partial charge in [-0.15, -0.1) is 0 Å². The Kier molecular flexibility index (Phi) is 2.06. The van der Waals surface area contributed by atoms with Crippen molar-refractivity contribution in [3.8, 4) is 0 Å². The van der Waals surface area contributed by atoms with Crippen molar-refractivity contribution in [2.75, 3.05) is 0 Å². The van der Waals surface area contributed by atoms with Crippen LogP contribution < -0.4 is 0 Å². The van der Waals surface area contributed by atoms with Gasteiger partial charge in [0.05, 0.1) is 0 Å². The highest BCUT2D eigenvalue weighted by Crippen LogP contribution is 2.56. The molecule has 0 fully saturated rings. The number of hydrogen-bond donors (Lipinski definition) is 0. The number of hydrogen-bond acceptors (Lipinski definition) is 0. The Bertz CT molecular complexity index is 423. The molecule has 0 spiro atoms. The summed E-state index contributed by atoms with van der Waals surface area (Å²) in [6.45, 7) is 0. The van der Waals surface area contributed by atoms with E-state index in [4.69, 9.17) is 0 Å². The van der Waals surface area contributed by atoms with Crippen LogP contribution in [0.4, 0.5) is 26.3 Å². The van der Waals surface area contributed by atoms with Crippen LogP contribution in [0, 0.1) is 0 Å². The van der Waals surface area contributed by atoms with Crippen LogP contribution in [0.25, 0.3) is 0 Å². The van der Waals surface area contributed by atoms with E-state index >= 15 is 0 Å². The Labute approximate surface area is 86.9 Å². The topological polar surface area (TPSA) is 0 Å². The molecule has 2 rings (SSSR count). The van der Waals surface area contributed by atoms with Crippen LogP contribution in [0.1, 0.15) is 11.1 Å². The fourth-order valence-corrected chi connectivity index (χ4v) is 1.73. The fraction of sp³-hybridized carbons (Fsp3) is 0.400. The van der Waals surface area contributed by atoms with Gasteiger partial charge in [-0.2, -0.15) is 26.3 Å². The molecule has 1 aromatic rings. The highest BCUT2D eigenvalue weighted by molar-refractivity contribution is 5.38. The average molecular weight is 240 g/mol. The third kappa shape index (κ3) is 1.18. The molecule has 0 unspecified atom stereocenters. The first kappa shape index (κ1) is 11.3. The number of benzene rings is 1. The Morgan fingerprint density at radius 3 is 2.06 bits per heavy atom. The molecule has 0 aromatic heterocycles. The number of fused-ring (bicyclic) bond motifs is 1. The van der Waals surface area contributed by atoms with Crippen molar-refractivity contribution >= 4 is 0 Å². The third-order valence-electron chi connectivity index (χ3n) is 2.62. The summed E-state index contributed by atoms with van der Waals surface area (Å²) in [4.78, 5) is 0. The molecule has 88 valence electrons. The number of rotatable bonds is 0. The van der Waals surface area contributed by atoms with E-state index in [2.05, 4.69) is 0 Å². The fourth-order valence-electron chi connectivity index (χ4n) is 1.73. The Morgan fingerprint density at radius 2 is 1.44 bits per heavy atom. The summed E-state index contributed by atoms with van der Waals surface area (Å²) in [7, 11) is 0. The maximum Gasteiger partial charge on any atom is 0.376 e. The Balaban J connectivity index is 2.68. The second-order valence-corrected chi connectivity index (χ2v) is 3.69. The van der Waals surface area contributed by atoms with Crippen molar-refractivity contribution in [2.45, 2.75) is 24.2 Å². The smallest absolute Gasteiger partial charge is 0.199 e. The van der Waals surface area contributed by atoms with Crippen molar-refractivity contribution in [3.05, 3.63) is 35.4 Å². The van der Waals surface area contributed by atoms with Gasteiger partial charge in [-0.1, -0.05) is 24.3 Å². The lowest BCUT2D eigenvalue weighted by atomic mass is 9.83. The molecule has 1 aromatic carbocycles. The lowest BCUT2D eigenvalue weighted by Crippen LogP contribution is -2.56. The lowest BCUT2D eigenvalue weighted by Gasteiger charge is -2.38. The highest BCUT2D eigenvalue weighted by atomic mass is 19.3. The zero-order valence-electron chi connectivity index (χ0n) is 7.78. The lowest BCUT2D eigenvalue weighted by molar-refractivity contribution is -0.321. The molecule has 0 aliphatic heterocycles. The second kappa shape index (κ2) is 2.93. The van der Waals surface area contributed by atoms with Crippen molar-refractivity contribution in [1.29, 1.82) is 0 Å². The largest absolute Gasteiger partial charge is 0.376 e. The zero-order valence-corrected chi connectivity index (χ0v) is 7.78. The molecule has 0 heterocycles. The summed E-state index contributed by atoms with van der Waals surface area (Å²) < 4.78 is 78.2. The molecule has 6 heteroatoms. The standard InChI is InChI=1S/C10H6F6/c11-8(12)5-6-3-1-2-4-7(6)9(13,14)10(8,15)16/h1-4H,5H2. The van der Waals surface area contributed by atoms with Gasteiger partial charge in [0, 0.05) is 12.0 Å². The van der Waals surface area contributed by atoms with E-state index < -0.39 is 35.3 Å². The maximum absolute atomic E-state index is 13.2. The van der Waals surface area contributed by atoms with Crippen LogP contribution in [-0.2, 0) is 12.3 Å². The van der Waals surface area contributed by atoms with E-state index in [1.54, 1.807) is 0 Å². The molecule has 0 atom stereocenters. The van der Waals surface area contributed by atoms with E-state index in [9.17, 15) is 26.3 Å². The summed E-state index contributed by atoms with van der Waals surface area (Å²) in [5.74, 6) is -14.9. The molecule has 1 aliphatic rings. The summed E-state index contributed by atoms with van der Waals surface area (Å²) in [5, 5.41) is 0. The monoisotopic (exact) mass is 240 g/mol. The summed E-state index contributed by atoms with van der Waals surface area (Å²) in [6, 6.07) is 4.13. The molecule has 0 nitrogen and oxygen atoms in total. The van der Waals surface area contributed by atoms with Crippen molar-refractivity contribution in [2.24, 2.45) is 0 Å². The van der Waals surface area contributed by atoms with Gasteiger partial charge in [0.1, 0.15) is 0 Å². The highest BCUT2D eigenvalue weighted by Gasteiger charge is 2.74. The van der Waals surface area contributed by atoms with E-state index in [0.717, 1.165) is 18.2 Å². The summed E-state index contributed by atoms with van der Waals surface area (Å²) >= 11 is 0. The van der Waals surface area contributed by atoms with Gasteiger partial charge in [-0.3, -0.25) is 0 Å².